The summed E-state index contributed by atoms with van der Waals surface area (Å²) in [5.74, 6) is 0.850. The molecule has 0 saturated carbocycles. The SMILES string of the molecule is COc1c(N(Cc2ccccc2)C(C)(C)C)ccnc1C. The van der Waals surface area contributed by atoms with Gasteiger partial charge < -0.3 is 9.64 Å². The van der Waals surface area contributed by atoms with Crippen molar-refractivity contribution in [2.45, 2.75) is 39.8 Å². The van der Waals surface area contributed by atoms with Crippen molar-refractivity contribution in [3.05, 3.63) is 53.9 Å². The summed E-state index contributed by atoms with van der Waals surface area (Å²) in [6.45, 7) is 9.46. The summed E-state index contributed by atoms with van der Waals surface area (Å²) >= 11 is 0. The van der Waals surface area contributed by atoms with Crippen molar-refractivity contribution < 1.29 is 4.74 Å². The van der Waals surface area contributed by atoms with Crippen LogP contribution in [0.15, 0.2) is 42.6 Å². The number of rotatable bonds is 4. The Morgan fingerprint density at radius 1 is 1.10 bits per heavy atom. The van der Waals surface area contributed by atoms with E-state index in [1.165, 1.54) is 5.56 Å². The van der Waals surface area contributed by atoms with Gasteiger partial charge in [0.2, 0.25) is 0 Å². The number of pyridine rings is 1. The number of anilines is 1. The zero-order valence-corrected chi connectivity index (χ0v) is 13.6. The number of aromatic nitrogens is 1. The van der Waals surface area contributed by atoms with E-state index in [1.807, 2.05) is 25.3 Å². The zero-order valence-electron chi connectivity index (χ0n) is 13.6. The molecule has 0 saturated heterocycles. The standard InChI is InChI=1S/C18H24N2O/c1-14-17(21-5)16(11-12-19-14)20(18(2,3)4)13-15-9-7-6-8-10-15/h6-12H,13H2,1-5H3. The van der Waals surface area contributed by atoms with E-state index < -0.39 is 0 Å². The smallest absolute Gasteiger partial charge is 0.163 e. The number of hydrogen-bond acceptors (Lipinski definition) is 3. The Labute approximate surface area is 127 Å². The molecule has 0 radical (unpaired) electrons. The summed E-state index contributed by atoms with van der Waals surface area (Å²) in [6.07, 6.45) is 1.84. The van der Waals surface area contributed by atoms with Crippen LogP contribution in [0.5, 0.6) is 5.75 Å². The third-order valence-electron chi connectivity index (χ3n) is 3.55. The van der Waals surface area contributed by atoms with Gasteiger partial charge in [-0.15, -0.1) is 0 Å². The molecule has 0 aliphatic rings. The molecule has 1 aromatic carbocycles. The van der Waals surface area contributed by atoms with Crippen LogP contribution in [0.2, 0.25) is 0 Å². The second-order valence-corrected chi connectivity index (χ2v) is 6.19. The fourth-order valence-electron chi connectivity index (χ4n) is 2.45. The Hall–Kier alpha value is -2.03. The summed E-state index contributed by atoms with van der Waals surface area (Å²) in [6, 6.07) is 12.5. The molecule has 0 fully saturated rings. The molecule has 3 nitrogen and oxygen atoms in total. The molecule has 0 aliphatic heterocycles. The van der Waals surface area contributed by atoms with Crippen molar-refractivity contribution in [1.82, 2.24) is 4.98 Å². The molecule has 2 rings (SSSR count). The van der Waals surface area contributed by atoms with Crippen LogP contribution in [0.4, 0.5) is 5.69 Å². The summed E-state index contributed by atoms with van der Waals surface area (Å²) in [4.78, 5) is 6.69. The summed E-state index contributed by atoms with van der Waals surface area (Å²) in [5.41, 5.74) is 3.26. The molecule has 1 aromatic heterocycles. The molecular formula is C18H24N2O. The monoisotopic (exact) mass is 284 g/mol. The molecular weight excluding hydrogens is 260 g/mol. The fraction of sp³-hybridized carbons (Fsp3) is 0.389. The summed E-state index contributed by atoms with van der Waals surface area (Å²) in [7, 11) is 1.71. The maximum absolute atomic E-state index is 5.59. The minimum absolute atomic E-state index is 0.0169. The van der Waals surface area contributed by atoms with Gasteiger partial charge in [-0.2, -0.15) is 0 Å². The first-order valence-electron chi connectivity index (χ1n) is 7.24. The van der Waals surface area contributed by atoms with Gasteiger partial charge in [-0.25, -0.2) is 0 Å². The lowest BCUT2D eigenvalue weighted by atomic mass is 10.0. The lowest BCUT2D eigenvalue weighted by molar-refractivity contribution is 0.401. The van der Waals surface area contributed by atoms with E-state index in [2.05, 4.69) is 54.9 Å². The van der Waals surface area contributed by atoms with E-state index in [0.717, 1.165) is 23.7 Å². The van der Waals surface area contributed by atoms with Gasteiger partial charge in [0.25, 0.3) is 0 Å². The van der Waals surface area contributed by atoms with E-state index in [-0.39, 0.29) is 5.54 Å². The third-order valence-corrected chi connectivity index (χ3v) is 3.55. The van der Waals surface area contributed by atoms with Gasteiger partial charge in [0, 0.05) is 18.3 Å². The van der Waals surface area contributed by atoms with Crippen LogP contribution in [-0.4, -0.2) is 17.6 Å². The van der Waals surface area contributed by atoms with Crippen LogP contribution in [0.3, 0.4) is 0 Å². The third kappa shape index (κ3) is 3.54. The highest BCUT2D eigenvalue weighted by Crippen LogP contribution is 2.35. The van der Waals surface area contributed by atoms with E-state index in [0.29, 0.717) is 0 Å². The Morgan fingerprint density at radius 3 is 2.33 bits per heavy atom. The van der Waals surface area contributed by atoms with Crippen LogP contribution in [-0.2, 0) is 6.54 Å². The van der Waals surface area contributed by atoms with Crippen molar-refractivity contribution in [1.29, 1.82) is 0 Å². The van der Waals surface area contributed by atoms with Crippen LogP contribution in [0.25, 0.3) is 0 Å². The topological polar surface area (TPSA) is 25.4 Å². The van der Waals surface area contributed by atoms with Gasteiger partial charge >= 0.3 is 0 Å². The van der Waals surface area contributed by atoms with Gasteiger partial charge in [-0.05, 0) is 39.3 Å². The quantitative estimate of drug-likeness (QED) is 0.841. The molecule has 0 unspecified atom stereocenters. The largest absolute Gasteiger partial charge is 0.493 e. The average Bonchev–Trinajstić information content (AvgIpc) is 2.44. The molecule has 0 bridgehead atoms. The number of nitrogens with zero attached hydrogens (tertiary/aromatic N) is 2. The molecule has 0 atom stereocenters. The van der Waals surface area contributed by atoms with Crippen LogP contribution in [0, 0.1) is 6.92 Å². The van der Waals surface area contributed by atoms with E-state index >= 15 is 0 Å². The van der Waals surface area contributed by atoms with Gasteiger partial charge in [0.15, 0.2) is 5.75 Å². The Bertz CT molecular complexity index is 588. The maximum Gasteiger partial charge on any atom is 0.163 e. The van der Waals surface area contributed by atoms with Gasteiger partial charge in [-0.1, -0.05) is 30.3 Å². The molecule has 21 heavy (non-hydrogen) atoms. The zero-order chi connectivity index (χ0) is 15.5. The lowest BCUT2D eigenvalue weighted by Crippen LogP contribution is -2.41. The molecule has 1 heterocycles. The summed E-state index contributed by atoms with van der Waals surface area (Å²) < 4.78 is 5.59. The molecule has 0 amide bonds. The van der Waals surface area contributed by atoms with Crippen molar-refractivity contribution in [3.8, 4) is 5.75 Å². The number of hydrogen-bond donors (Lipinski definition) is 0. The number of benzene rings is 1. The highest BCUT2D eigenvalue weighted by Gasteiger charge is 2.25. The van der Waals surface area contributed by atoms with Crippen molar-refractivity contribution >= 4 is 5.69 Å². The van der Waals surface area contributed by atoms with Crippen molar-refractivity contribution in [2.75, 3.05) is 12.0 Å². The highest BCUT2D eigenvalue weighted by molar-refractivity contribution is 5.61. The molecule has 0 aliphatic carbocycles. The normalized spacial score (nSPS) is 11.3. The van der Waals surface area contributed by atoms with Crippen LogP contribution >= 0.6 is 0 Å². The van der Waals surface area contributed by atoms with E-state index in [9.17, 15) is 0 Å². The molecule has 112 valence electrons. The van der Waals surface area contributed by atoms with Crippen molar-refractivity contribution in [3.63, 3.8) is 0 Å². The van der Waals surface area contributed by atoms with Gasteiger partial charge in [-0.3, -0.25) is 4.98 Å². The highest BCUT2D eigenvalue weighted by atomic mass is 16.5. The van der Waals surface area contributed by atoms with Crippen LogP contribution < -0.4 is 9.64 Å². The Balaban J connectivity index is 2.45. The molecule has 0 spiro atoms. The maximum atomic E-state index is 5.59. The molecule has 0 N–H and O–H groups in total. The van der Waals surface area contributed by atoms with Crippen molar-refractivity contribution in [2.24, 2.45) is 0 Å². The lowest BCUT2D eigenvalue weighted by Gasteiger charge is -2.38. The predicted molar refractivity (Wildman–Crippen MR) is 87.9 cm³/mol. The second-order valence-electron chi connectivity index (χ2n) is 6.19. The Morgan fingerprint density at radius 2 is 1.76 bits per heavy atom. The Kier molecular flexibility index (Phi) is 4.51. The van der Waals surface area contributed by atoms with E-state index in [4.69, 9.17) is 4.74 Å². The van der Waals surface area contributed by atoms with Gasteiger partial charge in [0.05, 0.1) is 18.5 Å². The molecule has 2 aromatic rings. The number of methoxy groups -OCH3 is 1. The van der Waals surface area contributed by atoms with Gasteiger partial charge in [0.1, 0.15) is 0 Å². The summed E-state index contributed by atoms with van der Waals surface area (Å²) in [5, 5.41) is 0. The first-order chi connectivity index (χ1) is 9.93. The predicted octanol–water partition coefficient (Wildman–Crippen LogP) is 4.20. The number of aryl methyl sites for hydroxylation is 1. The van der Waals surface area contributed by atoms with Crippen LogP contribution in [0.1, 0.15) is 32.0 Å². The first-order valence-corrected chi connectivity index (χ1v) is 7.24. The average molecular weight is 284 g/mol. The van der Waals surface area contributed by atoms with E-state index in [1.54, 1.807) is 7.11 Å². The minimum Gasteiger partial charge on any atom is -0.493 e. The first kappa shape index (κ1) is 15.4. The number of ether oxygens (including phenoxy) is 1. The second kappa shape index (κ2) is 6.17. The fourth-order valence-corrected chi connectivity index (χ4v) is 2.45. The minimum atomic E-state index is -0.0169. The molecule has 3 heteroatoms.